The fraction of sp³-hybridized carbons (Fsp3) is 0.355. The lowest BCUT2D eigenvalue weighted by Gasteiger charge is -2.29. The van der Waals surface area contributed by atoms with Gasteiger partial charge in [-0.2, -0.15) is 0 Å². The van der Waals surface area contributed by atoms with Gasteiger partial charge in [-0.1, -0.05) is 100 Å². The van der Waals surface area contributed by atoms with E-state index in [1.54, 1.807) is 6.07 Å². The van der Waals surface area contributed by atoms with E-state index in [-0.39, 0.29) is 80.1 Å². The van der Waals surface area contributed by atoms with Crippen LogP contribution < -0.4 is 81.4 Å². The molecular formula is C62H74N16O15S2. The highest BCUT2D eigenvalue weighted by Crippen LogP contribution is 2.25. The summed E-state index contributed by atoms with van der Waals surface area (Å²) in [5.41, 5.74) is 25.4. The van der Waals surface area contributed by atoms with Crippen molar-refractivity contribution in [2.24, 2.45) is 22.9 Å². The number of nitro groups is 1. The molecule has 504 valence electrons. The zero-order valence-electron chi connectivity index (χ0n) is 51.3. The highest BCUT2D eigenvalue weighted by Gasteiger charge is 2.37. The number of fused-ring (bicyclic) bond motifs is 1. The molecule has 2 saturated heterocycles. The van der Waals surface area contributed by atoms with Crippen LogP contribution in [0, 0.1) is 10.1 Å². The van der Waals surface area contributed by atoms with Crippen LogP contribution in [0.3, 0.4) is 0 Å². The number of non-ortho nitro benzene ring substituents is 1. The lowest BCUT2D eigenvalue weighted by atomic mass is 10.0. The summed E-state index contributed by atoms with van der Waals surface area (Å²) >= 11 is 0. The Morgan fingerprint density at radius 1 is 0.632 bits per heavy atom. The van der Waals surface area contributed by atoms with Crippen molar-refractivity contribution in [1.82, 2.24) is 47.9 Å². The van der Waals surface area contributed by atoms with E-state index in [0.29, 0.717) is 28.7 Å². The third-order valence-electron chi connectivity index (χ3n) is 15.2. The van der Waals surface area contributed by atoms with Gasteiger partial charge in [0.05, 0.1) is 23.5 Å². The van der Waals surface area contributed by atoms with Gasteiger partial charge in [0.25, 0.3) is 5.69 Å². The number of unbranched alkanes of at least 4 members (excludes halogenated alkanes) is 1. The maximum absolute atomic E-state index is 15.1. The molecule has 31 nitrogen and oxygen atoms in total. The Kier molecular flexibility index (Phi) is 26.3. The van der Waals surface area contributed by atoms with Crippen LogP contribution in [-0.4, -0.2) is 160 Å². The van der Waals surface area contributed by atoms with Crippen molar-refractivity contribution in [2.75, 3.05) is 28.7 Å². The number of imide groups is 1. The first-order chi connectivity index (χ1) is 45.3. The topological polar surface area (TPSA) is 505 Å². The van der Waals surface area contributed by atoms with Crippen LogP contribution in [0.15, 0.2) is 115 Å². The quantitative estimate of drug-likeness (QED) is 0.0174. The average Bonchev–Trinajstić information content (AvgIpc) is 0.899. The van der Waals surface area contributed by atoms with E-state index in [1.807, 2.05) is 41.7 Å². The van der Waals surface area contributed by atoms with Crippen LogP contribution in [0.1, 0.15) is 54.9 Å². The number of hydrogen-bond acceptors (Lipinski definition) is 19. The van der Waals surface area contributed by atoms with Crippen molar-refractivity contribution in [2.45, 2.75) is 119 Å². The van der Waals surface area contributed by atoms with E-state index in [4.69, 9.17) is 22.9 Å². The van der Waals surface area contributed by atoms with Crippen molar-refractivity contribution in [3.63, 3.8) is 0 Å². The molecule has 0 radical (unpaired) electrons. The SMILES string of the molecule is C[C@@H](O)[C@@H]1NC(=O)[C@H](CCCCN)NC(=O)[C@@H](Cc2ccc(NC(N)=O)cc2)NC(=O)[C@H](Cc2ccc(NC(=O)[C@@H]3CC(=O)NC(=O)N3)cc2)NC(=O)[C@H](NC(=O)[C@@H](N)Cc2ccc([N+](=O)[O-])cc2)CSSC[C@@H](C(=O)N[C@@H](Cc2ccc3ccccc3c2)C(N)=O)NC1=O. The fourth-order valence-corrected chi connectivity index (χ4v) is 12.4. The van der Waals surface area contributed by atoms with Gasteiger partial charge in [0.15, 0.2) is 0 Å². The van der Waals surface area contributed by atoms with Gasteiger partial charge in [-0.15, -0.1) is 0 Å². The summed E-state index contributed by atoms with van der Waals surface area (Å²) < 4.78 is 0. The molecule has 2 aliphatic heterocycles. The van der Waals surface area contributed by atoms with E-state index in [1.165, 1.54) is 79.7 Å². The van der Waals surface area contributed by atoms with E-state index >= 15 is 9.59 Å². The minimum absolute atomic E-state index is 0.0876. The maximum Gasteiger partial charge on any atom is 0.322 e. The Morgan fingerprint density at radius 3 is 1.79 bits per heavy atom. The summed E-state index contributed by atoms with van der Waals surface area (Å²) in [6, 6.07) is 14.4. The third-order valence-corrected chi connectivity index (χ3v) is 17.6. The number of carbonyl (C=O) groups is 12. The Balaban J connectivity index is 1.26. The number of aliphatic hydroxyl groups excluding tert-OH is 1. The zero-order valence-corrected chi connectivity index (χ0v) is 52.9. The molecule has 0 aliphatic carbocycles. The smallest absolute Gasteiger partial charge is 0.322 e. The minimum Gasteiger partial charge on any atom is -0.391 e. The van der Waals surface area contributed by atoms with E-state index in [0.717, 1.165) is 32.4 Å². The molecular weight excluding hydrogens is 1270 g/mol. The average molecular weight is 1350 g/mol. The van der Waals surface area contributed by atoms with Crippen LogP contribution >= 0.6 is 21.6 Å². The summed E-state index contributed by atoms with van der Waals surface area (Å²) in [5, 5.41) is 52.1. The van der Waals surface area contributed by atoms with Gasteiger partial charge in [0.2, 0.25) is 59.1 Å². The number of benzene rings is 5. The van der Waals surface area contributed by atoms with Crippen molar-refractivity contribution in [1.29, 1.82) is 0 Å². The molecule has 2 heterocycles. The number of nitrogens with zero attached hydrogens (tertiary/aromatic N) is 1. The van der Waals surface area contributed by atoms with Gasteiger partial charge >= 0.3 is 12.1 Å². The number of nitrogens with two attached hydrogens (primary N) is 4. The first-order valence-electron chi connectivity index (χ1n) is 30.0. The van der Waals surface area contributed by atoms with E-state index in [2.05, 4.69) is 53.2 Å². The molecule has 33 heteroatoms. The molecule has 20 N–H and O–H groups in total. The van der Waals surface area contributed by atoms with Crippen molar-refractivity contribution in [3.05, 3.63) is 148 Å². The van der Waals surface area contributed by atoms with Gasteiger partial charge in [0.1, 0.15) is 48.3 Å². The number of primary amides is 2. The van der Waals surface area contributed by atoms with Crippen molar-refractivity contribution < 1.29 is 67.6 Å². The molecule has 10 atom stereocenters. The number of nitrogens with one attached hydrogen (secondary N) is 11. The number of carbonyl (C=O) groups excluding carboxylic acids is 12. The standard InChI is InChI=1S/C62H74N16O15S2/c1-32(79)51-60(89)74-49(58(87)70-44(52(65)81)28-36-9-16-37-6-2-3-7-38(37)24-36)31-95-94-30-48(73-53(82)42(64)25-33-14-21-41(22-15-33)78(92)93)59(88)72-46(27-34-10-17-39(18-11-34)67-55(84)47-29-50(80)76-62(91)75-47)57(86)71-45(26-35-12-19-40(20-13-35)68-61(66)90)56(85)69-43(54(83)77-51)8-4-5-23-63/h2-3,6-7,9-22,24,32,42-49,51,79H,4-5,8,23,25-31,63-64H2,1H3,(H2,65,81)(H,67,84)(H,69,85)(H,70,87)(H,71,86)(H,72,88)(H,73,82)(H,74,89)(H,77,83)(H3,66,68,90)(H2,75,76,80,91)/t32-,42+,43+,44+,45-,46+,47+,48-,49+,51+/m1/s1. The molecule has 95 heavy (non-hydrogen) atoms. The zero-order chi connectivity index (χ0) is 68.9. The number of rotatable bonds is 22. The number of urea groups is 2. The monoisotopic (exact) mass is 1350 g/mol. The second-order valence-electron chi connectivity index (χ2n) is 22.5. The molecule has 5 aromatic rings. The van der Waals surface area contributed by atoms with Crippen LogP contribution in [-0.2, 0) is 73.6 Å². The van der Waals surface area contributed by atoms with Gasteiger partial charge in [-0.25, -0.2) is 9.59 Å². The van der Waals surface area contributed by atoms with Gasteiger partial charge < -0.3 is 81.2 Å². The number of anilines is 2. The Labute approximate surface area is 551 Å². The Bertz CT molecular complexity index is 3650. The molecule has 0 unspecified atom stereocenters. The highest BCUT2D eigenvalue weighted by atomic mass is 33.1. The van der Waals surface area contributed by atoms with Crippen LogP contribution in [0.4, 0.5) is 26.7 Å². The third kappa shape index (κ3) is 21.9. The fourth-order valence-electron chi connectivity index (χ4n) is 10.0. The second kappa shape index (κ2) is 34.6. The minimum atomic E-state index is -1.81. The Hall–Kier alpha value is -10.2. The predicted octanol–water partition coefficient (Wildman–Crippen LogP) is -0.843. The summed E-state index contributed by atoms with van der Waals surface area (Å²) in [4.78, 5) is 175. The summed E-state index contributed by atoms with van der Waals surface area (Å²) in [6.07, 6.45) is -2.47. The van der Waals surface area contributed by atoms with Gasteiger partial charge in [-0.05, 0) is 96.4 Å². The summed E-state index contributed by atoms with van der Waals surface area (Å²) in [7, 11) is 1.79. The van der Waals surface area contributed by atoms with E-state index < -0.39 is 137 Å². The highest BCUT2D eigenvalue weighted by molar-refractivity contribution is 8.76. The lowest BCUT2D eigenvalue weighted by molar-refractivity contribution is -0.384. The molecule has 14 amide bonds. The number of amides is 14. The Morgan fingerprint density at radius 2 is 1.20 bits per heavy atom. The molecule has 5 aromatic carbocycles. The van der Waals surface area contributed by atoms with Crippen LogP contribution in [0.25, 0.3) is 10.8 Å². The first-order valence-corrected chi connectivity index (χ1v) is 32.5. The summed E-state index contributed by atoms with van der Waals surface area (Å²) in [6.45, 7) is 1.36. The predicted molar refractivity (Wildman–Crippen MR) is 352 cm³/mol. The molecule has 0 aromatic heterocycles. The molecule has 0 bridgehead atoms. The normalized spacial score (nSPS) is 21.0. The van der Waals surface area contributed by atoms with Gasteiger partial charge in [-0.3, -0.25) is 63.4 Å². The second-order valence-corrected chi connectivity index (χ2v) is 25.1. The largest absolute Gasteiger partial charge is 0.391 e. The lowest BCUT2D eigenvalue weighted by Crippen LogP contribution is -2.62. The van der Waals surface area contributed by atoms with Crippen LogP contribution in [0.5, 0.6) is 0 Å². The molecule has 2 fully saturated rings. The maximum atomic E-state index is 15.1. The van der Waals surface area contributed by atoms with Crippen molar-refractivity contribution >= 4 is 121 Å². The summed E-state index contributed by atoms with van der Waals surface area (Å²) in [5.74, 6) is -9.94. The molecule has 0 spiro atoms. The van der Waals surface area contributed by atoms with Crippen molar-refractivity contribution in [3.8, 4) is 0 Å². The van der Waals surface area contributed by atoms with Gasteiger partial charge in [0, 0.05) is 54.3 Å². The number of hydrogen-bond donors (Lipinski definition) is 16. The van der Waals surface area contributed by atoms with E-state index in [9.17, 15) is 63.2 Å². The van der Waals surface area contributed by atoms with Crippen LogP contribution in [0.2, 0.25) is 0 Å². The number of nitro benzene ring substituents is 1. The molecule has 0 saturated carbocycles. The first kappa shape index (κ1) is 72.2. The molecule has 7 rings (SSSR count). The number of aliphatic hydroxyl groups is 1. The molecule has 2 aliphatic rings.